The molecule has 0 aromatic heterocycles. The highest BCUT2D eigenvalue weighted by Crippen LogP contribution is 2.55. The molecule has 188 valence electrons. The summed E-state index contributed by atoms with van der Waals surface area (Å²) in [4.78, 5) is 0. The molecule has 0 amide bonds. The highest BCUT2D eigenvalue weighted by molar-refractivity contribution is 5.04. The lowest BCUT2D eigenvalue weighted by atomic mass is 9.60. The van der Waals surface area contributed by atoms with Crippen LogP contribution in [0.25, 0.3) is 0 Å². The van der Waals surface area contributed by atoms with Crippen molar-refractivity contribution in [3.05, 3.63) is 0 Å². The van der Waals surface area contributed by atoms with Crippen LogP contribution in [0.1, 0.15) is 119 Å². The molecule has 4 unspecified atom stereocenters. The topological polar surface area (TPSA) is 69.9 Å². The third-order valence-corrected chi connectivity index (χ3v) is 10.3. The molecule has 0 radical (unpaired) electrons. The van der Waals surface area contributed by atoms with Crippen LogP contribution in [0.2, 0.25) is 0 Å². The van der Waals surface area contributed by atoms with Gasteiger partial charge in [-0.05, 0) is 73.0 Å². The van der Waals surface area contributed by atoms with Gasteiger partial charge in [-0.1, -0.05) is 61.3 Å². The molecule has 0 spiro atoms. The van der Waals surface area contributed by atoms with Gasteiger partial charge in [-0.2, -0.15) is 0 Å². The van der Waals surface area contributed by atoms with Gasteiger partial charge >= 0.3 is 0 Å². The van der Waals surface area contributed by atoms with Crippen LogP contribution in [-0.2, 0) is 4.74 Å². The molecule has 3 N–H and O–H groups in total. The Morgan fingerprint density at radius 3 is 1.72 bits per heavy atom. The van der Waals surface area contributed by atoms with Gasteiger partial charge in [0, 0.05) is 26.1 Å². The molecule has 3 aliphatic rings. The zero-order valence-corrected chi connectivity index (χ0v) is 22.1. The Morgan fingerprint density at radius 1 is 0.656 bits per heavy atom. The van der Waals surface area contributed by atoms with Gasteiger partial charge in [0.2, 0.25) is 0 Å². The molecule has 1 saturated heterocycles. The van der Waals surface area contributed by atoms with Crippen molar-refractivity contribution in [1.82, 2.24) is 0 Å². The molecule has 0 aromatic carbocycles. The molecular weight excluding hydrogens is 400 g/mol. The largest absolute Gasteiger partial charge is 0.389 e. The summed E-state index contributed by atoms with van der Waals surface area (Å²) in [5.74, 6) is 0.907. The second kappa shape index (κ2) is 8.81. The van der Waals surface area contributed by atoms with Gasteiger partial charge in [0.05, 0.1) is 16.8 Å². The summed E-state index contributed by atoms with van der Waals surface area (Å²) in [6, 6.07) is 0. The highest BCUT2D eigenvalue weighted by atomic mass is 16.5. The quantitative estimate of drug-likeness (QED) is 0.472. The number of aliphatic hydroxyl groups is 3. The maximum absolute atomic E-state index is 11.8. The third kappa shape index (κ3) is 5.09. The third-order valence-electron chi connectivity index (χ3n) is 10.3. The molecule has 4 atom stereocenters. The molecule has 0 bridgehead atoms. The van der Waals surface area contributed by atoms with E-state index in [0.717, 1.165) is 57.8 Å². The van der Waals surface area contributed by atoms with Crippen LogP contribution in [0.4, 0.5) is 0 Å². The number of rotatable bonds is 6. The zero-order valence-electron chi connectivity index (χ0n) is 22.1. The van der Waals surface area contributed by atoms with Crippen LogP contribution < -0.4 is 0 Å². The maximum Gasteiger partial charge on any atom is 0.0742 e. The Bertz CT molecular complexity index is 642. The number of ether oxygens (including phenoxy) is 1. The average Bonchev–Trinajstić information content (AvgIpc) is 3.03. The fourth-order valence-corrected chi connectivity index (χ4v) is 7.34. The van der Waals surface area contributed by atoms with Crippen molar-refractivity contribution in [3.63, 3.8) is 0 Å². The normalized spacial score (nSPS) is 36.9. The van der Waals surface area contributed by atoms with E-state index in [0.29, 0.717) is 37.9 Å². The SMILES string of the molecule is CC(C)(C)C1(O)CCCC(CC(C)(C)C2(O)CCC(CC(C)(C)C3(O)CCOCC3)C2)C1. The van der Waals surface area contributed by atoms with Gasteiger partial charge in [-0.25, -0.2) is 0 Å². The van der Waals surface area contributed by atoms with Crippen LogP contribution >= 0.6 is 0 Å². The van der Waals surface area contributed by atoms with E-state index in [1.165, 1.54) is 0 Å². The smallest absolute Gasteiger partial charge is 0.0742 e. The molecule has 0 aromatic rings. The molecule has 4 heteroatoms. The van der Waals surface area contributed by atoms with Crippen molar-refractivity contribution in [2.45, 2.75) is 136 Å². The summed E-state index contributed by atoms with van der Waals surface area (Å²) in [6.45, 7) is 16.7. The Hall–Kier alpha value is -0.160. The summed E-state index contributed by atoms with van der Waals surface area (Å²) < 4.78 is 5.50. The van der Waals surface area contributed by atoms with Crippen LogP contribution in [0.15, 0.2) is 0 Å². The summed E-state index contributed by atoms with van der Waals surface area (Å²) in [5.41, 5.74) is -2.40. The molecule has 3 fully saturated rings. The highest BCUT2D eigenvalue weighted by Gasteiger charge is 2.53. The van der Waals surface area contributed by atoms with E-state index < -0.39 is 16.8 Å². The van der Waals surface area contributed by atoms with Crippen LogP contribution in [0.5, 0.6) is 0 Å². The van der Waals surface area contributed by atoms with Gasteiger partial charge in [0.1, 0.15) is 0 Å². The minimum atomic E-state index is -0.666. The van der Waals surface area contributed by atoms with Gasteiger partial charge in [-0.15, -0.1) is 0 Å². The minimum Gasteiger partial charge on any atom is -0.389 e. The zero-order chi connectivity index (χ0) is 24.1. The Morgan fingerprint density at radius 2 is 1.16 bits per heavy atom. The molecule has 4 nitrogen and oxygen atoms in total. The fraction of sp³-hybridized carbons (Fsp3) is 1.00. The predicted molar refractivity (Wildman–Crippen MR) is 130 cm³/mol. The van der Waals surface area contributed by atoms with E-state index in [9.17, 15) is 15.3 Å². The van der Waals surface area contributed by atoms with Crippen molar-refractivity contribution in [3.8, 4) is 0 Å². The second-order valence-electron chi connectivity index (χ2n) is 14.2. The first kappa shape index (κ1) is 26.4. The van der Waals surface area contributed by atoms with E-state index in [2.05, 4.69) is 48.5 Å². The van der Waals surface area contributed by atoms with Crippen molar-refractivity contribution in [2.75, 3.05) is 13.2 Å². The van der Waals surface area contributed by atoms with Crippen LogP contribution in [-0.4, -0.2) is 45.3 Å². The molecule has 1 aliphatic heterocycles. The molecule has 3 rings (SSSR count). The summed E-state index contributed by atoms with van der Waals surface area (Å²) in [5, 5.41) is 34.5. The lowest BCUT2D eigenvalue weighted by molar-refractivity contribution is -0.141. The van der Waals surface area contributed by atoms with E-state index in [1.807, 2.05) is 0 Å². The monoisotopic (exact) mass is 452 g/mol. The Kier molecular flexibility index (Phi) is 7.28. The fourth-order valence-electron chi connectivity index (χ4n) is 7.34. The lowest BCUT2D eigenvalue weighted by Gasteiger charge is -2.49. The first-order valence-corrected chi connectivity index (χ1v) is 13.3. The molecule has 2 saturated carbocycles. The molecule has 2 aliphatic carbocycles. The van der Waals surface area contributed by atoms with E-state index in [-0.39, 0.29) is 16.2 Å². The van der Waals surface area contributed by atoms with Gasteiger partial charge in [0.25, 0.3) is 0 Å². The Labute approximate surface area is 197 Å². The van der Waals surface area contributed by atoms with Crippen molar-refractivity contribution >= 4 is 0 Å². The Balaban J connectivity index is 1.63. The second-order valence-corrected chi connectivity index (χ2v) is 14.2. The van der Waals surface area contributed by atoms with Gasteiger partial charge in [-0.3, -0.25) is 0 Å². The van der Waals surface area contributed by atoms with Gasteiger partial charge in [0.15, 0.2) is 0 Å². The minimum absolute atomic E-state index is 0.110. The van der Waals surface area contributed by atoms with E-state index in [4.69, 9.17) is 4.74 Å². The predicted octanol–water partition coefficient (Wildman–Crippen LogP) is 5.86. The maximum atomic E-state index is 11.8. The van der Waals surface area contributed by atoms with Crippen molar-refractivity contribution in [1.29, 1.82) is 0 Å². The number of hydrogen-bond acceptors (Lipinski definition) is 4. The first-order chi connectivity index (χ1) is 14.5. The van der Waals surface area contributed by atoms with Crippen molar-refractivity contribution < 1.29 is 20.1 Å². The molecular formula is C28H52O4. The molecule has 32 heavy (non-hydrogen) atoms. The summed E-state index contributed by atoms with van der Waals surface area (Å²) in [6.07, 6.45) is 10.0. The summed E-state index contributed by atoms with van der Waals surface area (Å²) >= 11 is 0. The number of hydrogen-bond donors (Lipinski definition) is 3. The van der Waals surface area contributed by atoms with Crippen LogP contribution in [0, 0.1) is 28.1 Å². The molecule has 1 heterocycles. The average molecular weight is 453 g/mol. The van der Waals surface area contributed by atoms with Gasteiger partial charge < -0.3 is 20.1 Å². The van der Waals surface area contributed by atoms with E-state index in [1.54, 1.807) is 0 Å². The van der Waals surface area contributed by atoms with E-state index >= 15 is 0 Å². The van der Waals surface area contributed by atoms with Crippen LogP contribution in [0.3, 0.4) is 0 Å². The van der Waals surface area contributed by atoms with Crippen molar-refractivity contribution in [2.24, 2.45) is 28.1 Å². The first-order valence-electron chi connectivity index (χ1n) is 13.3. The lowest BCUT2D eigenvalue weighted by Crippen LogP contribution is -2.50. The standard InChI is InChI=1S/C28H52O4/c1-23(2,3)27(30)11-8-9-21(19-27)17-25(6,7)28(31)12-10-22(20-28)18-24(4,5)26(29)13-15-32-16-14-26/h21-22,29-31H,8-20H2,1-7H3. The summed E-state index contributed by atoms with van der Waals surface area (Å²) in [7, 11) is 0.